The van der Waals surface area contributed by atoms with Gasteiger partial charge in [0.05, 0.1) is 0 Å². The van der Waals surface area contributed by atoms with Crippen LogP contribution in [0.3, 0.4) is 0 Å². The van der Waals surface area contributed by atoms with Gasteiger partial charge in [-0.05, 0) is 44.4 Å². The van der Waals surface area contributed by atoms with Crippen LogP contribution in [0, 0.1) is 11.8 Å². The summed E-state index contributed by atoms with van der Waals surface area (Å²) in [6.07, 6.45) is 6.32. The summed E-state index contributed by atoms with van der Waals surface area (Å²) in [7, 11) is 0. The van der Waals surface area contributed by atoms with Gasteiger partial charge in [-0.25, -0.2) is 0 Å². The molecule has 2 unspecified atom stereocenters. The molecule has 0 aromatic heterocycles. The van der Waals surface area contributed by atoms with Crippen LogP contribution >= 0.6 is 0 Å². The standard InChI is InChI=1S/C17H30N2O2/c1-5-17(4)16(21)19(11-13-8-6-7-9-13)14(10-12(2)3)15(20)18-17/h12-14H,5-11H2,1-4H3,(H,18,20). The van der Waals surface area contributed by atoms with Gasteiger partial charge in [-0.1, -0.05) is 33.6 Å². The first kappa shape index (κ1) is 16.3. The number of nitrogens with one attached hydrogen (secondary N) is 1. The summed E-state index contributed by atoms with van der Waals surface area (Å²) >= 11 is 0. The summed E-state index contributed by atoms with van der Waals surface area (Å²) in [6.45, 7) is 8.81. The predicted octanol–water partition coefficient (Wildman–Crippen LogP) is 2.72. The van der Waals surface area contributed by atoms with Crippen molar-refractivity contribution in [1.82, 2.24) is 10.2 Å². The first-order chi connectivity index (χ1) is 9.87. The fraction of sp³-hybridized carbons (Fsp3) is 0.882. The van der Waals surface area contributed by atoms with E-state index in [-0.39, 0.29) is 17.9 Å². The Bertz CT molecular complexity index is 402. The maximum atomic E-state index is 12.9. The summed E-state index contributed by atoms with van der Waals surface area (Å²) < 4.78 is 0. The average Bonchev–Trinajstić information content (AvgIpc) is 2.92. The Hall–Kier alpha value is -1.06. The fourth-order valence-electron chi connectivity index (χ4n) is 3.61. The number of carbonyl (C=O) groups excluding carboxylic acids is 2. The minimum atomic E-state index is -0.719. The molecule has 2 fully saturated rings. The van der Waals surface area contributed by atoms with Gasteiger partial charge < -0.3 is 10.2 Å². The van der Waals surface area contributed by atoms with Gasteiger partial charge in [0.15, 0.2) is 0 Å². The molecule has 120 valence electrons. The van der Waals surface area contributed by atoms with Gasteiger partial charge in [0.1, 0.15) is 11.6 Å². The number of hydrogen-bond acceptors (Lipinski definition) is 2. The first-order valence-corrected chi connectivity index (χ1v) is 8.50. The molecule has 4 heteroatoms. The van der Waals surface area contributed by atoms with E-state index in [1.807, 2.05) is 18.7 Å². The molecule has 1 saturated heterocycles. The van der Waals surface area contributed by atoms with Crippen LogP contribution in [0.1, 0.15) is 66.2 Å². The minimum absolute atomic E-state index is 0.0330. The van der Waals surface area contributed by atoms with Crippen LogP contribution in [-0.2, 0) is 9.59 Å². The Morgan fingerprint density at radius 2 is 1.90 bits per heavy atom. The van der Waals surface area contributed by atoms with Crippen molar-refractivity contribution in [2.24, 2.45) is 11.8 Å². The summed E-state index contributed by atoms with van der Waals surface area (Å²) in [5.41, 5.74) is -0.719. The number of amides is 2. The molecule has 0 aromatic carbocycles. The highest BCUT2D eigenvalue weighted by Gasteiger charge is 2.47. The lowest BCUT2D eigenvalue weighted by Crippen LogP contribution is -2.69. The van der Waals surface area contributed by atoms with Gasteiger partial charge in [-0.15, -0.1) is 0 Å². The van der Waals surface area contributed by atoms with Crippen LogP contribution in [0.4, 0.5) is 0 Å². The maximum Gasteiger partial charge on any atom is 0.248 e. The average molecular weight is 294 g/mol. The molecule has 1 aliphatic heterocycles. The molecule has 1 saturated carbocycles. The molecule has 1 heterocycles. The number of rotatable bonds is 5. The zero-order chi connectivity index (χ0) is 15.6. The van der Waals surface area contributed by atoms with Crippen LogP contribution in [0.5, 0.6) is 0 Å². The number of hydrogen-bond donors (Lipinski definition) is 1. The Balaban J connectivity index is 2.21. The van der Waals surface area contributed by atoms with E-state index >= 15 is 0 Å². The number of piperazine rings is 1. The molecule has 1 aliphatic carbocycles. The van der Waals surface area contributed by atoms with E-state index in [0.29, 0.717) is 18.3 Å². The molecule has 21 heavy (non-hydrogen) atoms. The molecule has 0 aromatic rings. The molecule has 0 spiro atoms. The zero-order valence-electron chi connectivity index (χ0n) is 13.9. The van der Waals surface area contributed by atoms with Crippen molar-refractivity contribution < 1.29 is 9.59 Å². The number of carbonyl (C=O) groups is 2. The van der Waals surface area contributed by atoms with E-state index in [9.17, 15) is 9.59 Å². The second-order valence-electron chi connectivity index (χ2n) is 7.43. The lowest BCUT2D eigenvalue weighted by atomic mass is 9.88. The van der Waals surface area contributed by atoms with Crippen molar-refractivity contribution in [2.45, 2.75) is 77.8 Å². The second kappa shape index (κ2) is 6.37. The van der Waals surface area contributed by atoms with Crippen LogP contribution < -0.4 is 5.32 Å². The largest absolute Gasteiger partial charge is 0.340 e. The highest BCUT2D eigenvalue weighted by Crippen LogP contribution is 2.30. The molecule has 2 atom stereocenters. The van der Waals surface area contributed by atoms with Crippen molar-refractivity contribution in [3.63, 3.8) is 0 Å². The van der Waals surface area contributed by atoms with E-state index in [0.717, 1.165) is 13.0 Å². The molecule has 2 aliphatic rings. The molecule has 0 radical (unpaired) electrons. The van der Waals surface area contributed by atoms with Crippen molar-refractivity contribution in [1.29, 1.82) is 0 Å². The summed E-state index contributed by atoms with van der Waals surface area (Å²) in [6, 6.07) is -0.280. The Morgan fingerprint density at radius 3 is 2.43 bits per heavy atom. The smallest absolute Gasteiger partial charge is 0.248 e. The summed E-state index contributed by atoms with van der Waals surface area (Å²) in [5, 5.41) is 2.97. The van der Waals surface area contributed by atoms with Crippen molar-refractivity contribution in [2.75, 3.05) is 6.54 Å². The first-order valence-electron chi connectivity index (χ1n) is 8.50. The normalized spacial score (nSPS) is 31.1. The van der Waals surface area contributed by atoms with Crippen molar-refractivity contribution in [3.8, 4) is 0 Å². The number of nitrogens with zero attached hydrogens (tertiary/aromatic N) is 1. The van der Waals surface area contributed by atoms with E-state index < -0.39 is 5.54 Å². The third-order valence-electron chi connectivity index (χ3n) is 5.14. The Morgan fingerprint density at radius 1 is 1.29 bits per heavy atom. The van der Waals surface area contributed by atoms with Crippen LogP contribution in [0.15, 0.2) is 0 Å². The highest BCUT2D eigenvalue weighted by molar-refractivity contribution is 5.99. The third kappa shape index (κ3) is 3.41. The van der Waals surface area contributed by atoms with Gasteiger partial charge in [0, 0.05) is 6.54 Å². The quantitative estimate of drug-likeness (QED) is 0.847. The van der Waals surface area contributed by atoms with Gasteiger partial charge >= 0.3 is 0 Å². The van der Waals surface area contributed by atoms with Crippen LogP contribution in [0.25, 0.3) is 0 Å². The lowest BCUT2D eigenvalue weighted by Gasteiger charge is -2.45. The maximum absolute atomic E-state index is 12.9. The summed E-state index contributed by atoms with van der Waals surface area (Å²) in [5.74, 6) is 1.13. The van der Waals surface area contributed by atoms with E-state index in [2.05, 4.69) is 19.2 Å². The molecule has 0 bridgehead atoms. The van der Waals surface area contributed by atoms with Crippen LogP contribution in [-0.4, -0.2) is 34.8 Å². The van der Waals surface area contributed by atoms with E-state index in [1.165, 1.54) is 25.7 Å². The molecular formula is C17H30N2O2. The zero-order valence-corrected chi connectivity index (χ0v) is 13.9. The monoisotopic (exact) mass is 294 g/mol. The third-order valence-corrected chi connectivity index (χ3v) is 5.14. The van der Waals surface area contributed by atoms with Crippen LogP contribution in [0.2, 0.25) is 0 Å². The Kier molecular flexibility index (Phi) is 4.95. The second-order valence-corrected chi connectivity index (χ2v) is 7.43. The molecule has 2 rings (SSSR count). The lowest BCUT2D eigenvalue weighted by molar-refractivity contribution is -0.155. The van der Waals surface area contributed by atoms with Gasteiger partial charge in [0.25, 0.3) is 0 Å². The molecule has 1 N–H and O–H groups in total. The summed E-state index contributed by atoms with van der Waals surface area (Å²) in [4.78, 5) is 27.3. The van der Waals surface area contributed by atoms with Gasteiger partial charge in [-0.2, -0.15) is 0 Å². The molecule has 2 amide bonds. The van der Waals surface area contributed by atoms with Crippen molar-refractivity contribution in [3.05, 3.63) is 0 Å². The minimum Gasteiger partial charge on any atom is -0.340 e. The molecular weight excluding hydrogens is 264 g/mol. The van der Waals surface area contributed by atoms with Gasteiger partial charge in [-0.3, -0.25) is 9.59 Å². The van der Waals surface area contributed by atoms with E-state index in [1.54, 1.807) is 0 Å². The van der Waals surface area contributed by atoms with E-state index in [4.69, 9.17) is 0 Å². The highest BCUT2D eigenvalue weighted by atomic mass is 16.2. The van der Waals surface area contributed by atoms with Gasteiger partial charge in [0.2, 0.25) is 11.8 Å². The fourth-order valence-corrected chi connectivity index (χ4v) is 3.61. The Labute approximate surface area is 128 Å². The predicted molar refractivity (Wildman–Crippen MR) is 83.8 cm³/mol. The topological polar surface area (TPSA) is 49.4 Å². The molecule has 4 nitrogen and oxygen atoms in total. The SMILES string of the molecule is CCC1(C)NC(=O)C(CC(C)C)N(CC2CCCC2)C1=O. The van der Waals surface area contributed by atoms with Crippen molar-refractivity contribution >= 4 is 11.8 Å².